The maximum absolute atomic E-state index is 6.30. The zero-order valence-electron chi connectivity index (χ0n) is 27.5. The molecule has 3 nitrogen and oxygen atoms in total. The Balaban J connectivity index is 1.13. The summed E-state index contributed by atoms with van der Waals surface area (Å²) >= 11 is 0. The first-order chi connectivity index (χ1) is 24.3. The molecule has 0 aliphatic carbocycles. The lowest BCUT2D eigenvalue weighted by Crippen LogP contribution is -2.09. The van der Waals surface area contributed by atoms with Crippen molar-refractivity contribution in [2.75, 3.05) is 4.90 Å². The number of oxazole rings is 1. The van der Waals surface area contributed by atoms with Gasteiger partial charge >= 0.3 is 0 Å². The molecule has 8 aromatic rings. The zero-order chi connectivity index (χ0) is 33.0. The van der Waals surface area contributed by atoms with Crippen molar-refractivity contribution in [3.63, 3.8) is 0 Å². The summed E-state index contributed by atoms with van der Waals surface area (Å²) in [6.07, 6.45) is 2.05. The molecule has 0 saturated carbocycles. The summed E-state index contributed by atoms with van der Waals surface area (Å²) < 4.78 is 6.30. The Bertz CT molecular complexity index is 2280. The van der Waals surface area contributed by atoms with Gasteiger partial charge in [0.25, 0.3) is 0 Å². The molecular formula is C46H36N2O. The second-order valence-electron chi connectivity index (χ2n) is 12.3. The molecule has 1 aromatic heterocycles. The van der Waals surface area contributed by atoms with Crippen LogP contribution in [0.25, 0.3) is 55.9 Å². The summed E-state index contributed by atoms with van der Waals surface area (Å²) in [6, 6.07) is 62.1. The first-order valence-corrected chi connectivity index (χ1v) is 16.9. The minimum absolute atomic E-state index is 0.658. The van der Waals surface area contributed by atoms with E-state index >= 15 is 0 Å². The van der Waals surface area contributed by atoms with Crippen LogP contribution in [-0.2, 0) is 6.42 Å². The SMILES string of the molecule is CCCc1cccc2nc(-c3ccc(-c4ccccc4-c4ccccc4-c4ccc(N(c5ccccc5)c5ccccc5)cc4)cc3)oc12. The molecule has 0 spiro atoms. The third-order valence-corrected chi connectivity index (χ3v) is 9.07. The maximum atomic E-state index is 6.30. The Morgan fingerprint density at radius 1 is 0.449 bits per heavy atom. The topological polar surface area (TPSA) is 29.3 Å². The molecule has 0 saturated heterocycles. The summed E-state index contributed by atoms with van der Waals surface area (Å²) in [5.74, 6) is 0.658. The molecule has 49 heavy (non-hydrogen) atoms. The molecule has 0 atom stereocenters. The van der Waals surface area contributed by atoms with E-state index in [0.29, 0.717) is 5.89 Å². The highest BCUT2D eigenvalue weighted by atomic mass is 16.3. The third-order valence-electron chi connectivity index (χ3n) is 9.07. The van der Waals surface area contributed by atoms with E-state index in [1.165, 1.54) is 33.4 Å². The number of benzene rings is 7. The van der Waals surface area contributed by atoms with E-state index < -0.39 is 0 Å². The Morgan fingerprint density at radius 3 is 1.47 bits per heavy atom. The number of para-hydroxylation sites is 3. The lowest BCUT2D eigenvalue weighted by molar-refractivity contribution is 0.614. The molecule has 0 amide bonds. The molecule has 8 rings (SSSR count). The van der Waals surface area contributed by atoms with Gasteiger partial charge in [-0.15, -0.1) is 0 Å². The minimum atomic E-state index is 0.658. The number of aryl methyl sites for hydroxylation is 1. The lowest BCUT2D eigenvalue weighted by Gasteiger charge is -2.25. The van der Waals surface area contributed by atoms with Gasteiger partial charge < -0.3 is 9.32 Å². The maximum Gasteiger partial charge on any atom is 0.227 e. The number of anilines is 3. The molecule has 0 aliphatic heterocycles. The largest absolute Gasteiger partial charge is 0.436 e. The van der Waals surface area contributed by atoms with E-state index in [1.807, 2.05) is 6.07 Å². The van der Waals surface area contributed by atoms with Crippen LogP contribution < -0.4 is 4.90 Å². The van der Waals surface area contributed by atoms with Crippen LogP contribution >= 0.6 is 0 Å². The molecular weight excluding hydrogens is 597 g/mol. The van der Waals surface area contributed by atoms with E-state index in [2.05, 4.69) is 182 Å². The fourth-order valence-corrected chi connectivity index (χ4v) is 6.72. The highest BCUT2D eigenvalue weighted by Gasteiger charge is 2.16. The Morgan fingerprint density at radius 2 is 0.918 bits per heavy atom. The van der Waals surface area contributed by atoms with Crippen LogP contribution in [-0.4, -0.2) is 4.98 Å². The van der Waals surface area contributed by atoms with Crippen LogP contribution in [0.3, 0.4) is 0 Å². The molecule has 0 aliphatic rings. The average Bonchev–Trinajstić information content (AvgIpc) is 3.62. The van der Waals surface area contributed by atoms with Gasteiger partial charge in [0.2, 0.25) is 5.89 Å². The smallest absolute Gasteiger partial charge is 0.227 e. The van der Waals surface area contributed by atoms with Gasteiger partial charge in [-0.1, -0.05) is 135 Å². The van der Waals surface area contributed by atoms with E-state index in [9.17, 15) is 0 Å². The van der Waals surface area contributed by atoms with Crippen molar-refractivity contribution in [1.29, 1.82) is 0 Å². The molecule has 0 N–H and O–H groups in total. The van der Waals surface area contributed by atoms with Gasteiger partial charge in [0.05, 0.1) is 0 Å². The highest BCUT2D eigenvalue weighted by Crippen LogP contribution is 2.40. The van der Waals surface area contributed by atoms with Gasteiger partial charge in [-0.05, 0) is 100.0 Å². The minimum Gasteiger partial charge on any atom is -0.436 e. The molecule has 0 radical (unpaired) electrons. The monoisotopic (exact) mass is 632 g/mol. The number of rotatable bonds is 9. The first kappa shape index (κ1) is 30.2. The lowest BCUT2D eigenvalue weighted by atomic mass is 9.89. The Kier molecular flexibility index (Phi) is 8.31. The average molecular weight is 633 g/mol. The summed E-state index contributed by atoms with van der Waals surface area (Å²) in [6.45, 7) is 2.19. The molecule has 0 unspecified atom stereocenters. The number of hydrogen-bond donors (Lipinski definition) is 0. The molecule has 0 bridgehead atoms. The zero-order valence-corrected chi connectivity index (χ0v) is 27.5. The predicted octanol–water partition coefficient (Wildman–Crippen LogP) is 12.9. The molecule has 236 valence electrons. The van der Waals surface area contributed by atoms with Crippen LogP contribution in [0, 0.1) is 0 Å². The van der Waals surface area contributed by atoms with Crippen molar-refractivity contribution in [3.05, 3.63) is 181 Å². The number of nitrogens with zero attached hydrogens (tertiary/aromatic N) is 2. The number of hydrogen-bond acceptors (Lipinski definition) is 3. The molecule has 1 heterocycles. The van der Waals surface area contributed by atoms with Gasteiger partial charge in [-0.25, -0.2) is 4.98 Å². The fourth-order valence-electron chi connectivity index (χ4n) is 6.72. The van der Waals surface area contributed by atoms with E-state index in [0.717, 1.165) is 52.1 Å². The van der Waals surface area contributed by atoms with Gasteiger partial charge in [-0.3, -0.25) is 0 Å². The summed E-state index contributed by atoms with van der Waals surface area (Å²) in [4.78, 5) is 7.11. The van der Waals surface area contributed by atoms with Gasteiger partial charge in [0, 0.05) is 22.6 Å². The number of fused-ring (bicyclic) bond motifs is 1. The van der Waals surface area contributed by atoms with Crippen LogP contribution in [0.5, 0.6) is 0 Å². The molecule has 0 fully saturated rings. The second-order valence-corrected chi connectivity index (χ2v) is 12.3. The highest BCUT2D eigenvalue weighted by molar-refractivity contribution is 5.92. The van der Waals surface area contributed by atoms with Crippen molar-refractivity contribution < 1.29 is 4.42 Å². The van der Waals surface area contributed by atoms with E-state index in [4.69, 9.17) is 9.40 Å². The van der Waals surface area contributed by atoms with Crippen molar-refractivity contribution in [2.24, 2.45) is 0 Å². The molecule has 3 heteroatoms. The van der Waals surface area contributed by atoms with Crippen molar-refractivity contribution >= 4 is 28.2 Å². The fraction of sp³-hybridized carbons (Fsp3) is 0.0652. The molecule has 7 aromatic carbocycles. The van der Waals surface area contributed by atoms with Crippen LogP contribution in [0.1, 0.15) is 18.9 Å². The quantitative estimate of drug-likeness (QED) is 0.159. The van der Waals surface area contributed by atoms with E-state index in [1.54, 1.807) is 0 Å². The van der Waals surface area contributed by atoms with Gasteiger partial charge in [0.15, 0.2) is 5.58 Å². The van der Waals surface area contributed by atoms with Crippen LogP contribution in [0.15, 0.2) is 180 Å². The summed E-state index contributed by atoms with van der Waals surface area (Å²) in [7, 11) is 0. The standard InChI is InChI=1S/C46H36N2O/c1-2-14-35-15-13-24-44-45(35)49-46(47-44)36-27-25-33(26-28-36)40-20-9-11-22-42(40)43-23-12-10-21-41(43)34-29-31-39(32-30-34)48(37-16-5-3-6-17-37)38-18-7-4-8-19-38/h3-13,15-32H,2,14H2,1H3. The summed E-state index contributed by atoms with van der Waals surface area (Å²) in [5.41, 5.74) is 14.4. The van der Waals surface area contributed by atoms with Crippen molar-refractivity contribution in [3.8, 4) is 44.8 Å². The summed E-state index contributed by atoms with van der Waals surface area (Å²) in [5, 5.41) is 0. The van der Waals surface area contributed by atoms with Gasteiger partial charge in [0.1, 0.15) is 5.52 Å². The normalized spacial score (nSPS) is 11.1. The number of aromatic nitrogens is 1. The van der Waals surface area contributed by atoms with E-state index in [-0.39, 0.29) is 0 Å². The second kappa shape index (κ2) is 13.5. The van der Waals surface area contributed by atoms with Crippen molar-refractivity contribution in [1.82, 2.24) is 4.98 Å². The van der Waals surface area contributed by atoms with Gasteiger partial charge in [-0.2, -0.15) is 0 Å². The van der Waals surface area contributed by atoms with Crippen LogP contribution in [0.2, 0.25) is 0 Å². The predicted molar refractivity (Wildman–Crippen MR) is 204 cm³/mol. The van der Waals surface area contributed by atoms with Crippen molar-refractivity contribution in [2.45, 2.75) is 19.8 Å². The van der Waals surface area contributed by atoms with Crippen LogP contribution in [0.4, 0.5) is 17.1 Å². The first-order valence-electron chi connectivity index (χ1n) is 16.9. The third kappa shape index (κ3) is 6.03. The Hall–Kier alpha value is -6.19. The Labute approximate surface area is 287 Å².